The van der Waals surface area contributed by atoms with Crippen molar-refractivity contribution in [3.63, 3.8) is 0 Å². The van der Waals surface area contributed by atoms with E-state index in [1.165, 1.54) is 12.3 Å². The van der Waals surface area contributed by atoms with Crippen molar-refractivity contribution in [3.8, 4) is 28.7 Å². The summed E-state index contributed by atoms with van der Waals surface area (Å²) in [6.45, 7) is 12.0. The molecule has 292 valence electrons. The fourth-order valence-corrected chi connectivity index (χ4v) is 16.1. The number of anilines is 2. The van der Waals surface area contributed by atoms with E-state index in [1.54, 1.807) is 18.2 Å². The smallest absolute Gasteiger partial charge is 0.319 e. The first-order valence-corrected chi connectivity index (χ1v) is 22.6. The predicted molar refractivity (Wildman–Crippen MR) is 219 cm³/mol. The topological polar surface area (TPSA) is 80.4 Å². The summed E-state index contributed by atoms with van der Waals surface area (Å²) in [5.41, 5.74) is 10.3. The lowest BCUT2D eigenvalue weighted by molar-refractivity contribution is 0.107. The molecule has 2 N–H and O–H groups in total. The molecule has 4 fully saturated rings. The van der Waals surface area contributed by atoms with Gasteiger partial charge in [-0.25, -0.2) is 13.2 Å². The quantitative estimate of drug-likeness (QED) is 0.0824. The third-order valence-corrected chi connectivity index (χ3v) is 19.9. The molecule has 12 heteroatoms. The number of nitrogens with zero attached hydrogens (tertiary/aromatic N) is 5. The van der Waals surface area contributed by atoms with Crippen molar-refractivity contribution >= 4 is 52.9 Å². The second-order valence-electron chi connectivity index (χ2n) is 17.1. The summed E-state index contributed by atoms with van der Waals surface area (Å²) in [6.07, 6.45) is 4.22. The molecule has 3 saturated heterocycles. The van der Waals surface area contributed by atoms with Gasteiger partial charge in [0.25, 0.3) is 0 Å². The van der Waals surface area contributed by atoms with Crippen LogP contribution in [-0.2, 0) is 0 Å². The Kier molecular flexibility index (Phi) is 9.38. The van der Waals surface area contributed by atoms with E-state index in [1.807, 2.05) is 4.90 Å². The lowest BCUT2D eigenvalue weighted by Gasteiger charge is -2.38. The number of alkyl halides is 2. The first kappa shape index (κ1) is 35.8. The molecular formula is C43H52ClF3N6OSi. The van der Waals surface area contributed by atoms with Gasteiger partial charge in [0, 0.05) is 42.3 Å². The molecule has 2 aromatic carbocycles. The molecule has 5 heterocycles. The van der Waals surface area contributed by atoms with Crippen LogP contribution in [0, 0.1) is 29.0 Å². The molecule has 0 bridgehead atoms. The SMILES string of the molecule is [2H]C([2H])(Oc1nc(N2CCCCC3C(Cl)C32)c2cnc(-c3cc(N)cc4ccc(F)c(C#C[Si](C(C)C)(C(C)C)C(C)C)c34)c(F)c2n1)[C@@]12CCCN1C[C@H](F)C2. The molecule has 1 aliphatic carbocycles. The summed E-state index contributed by atoms with van der Waals surface area (Å²) in [5, 5.41) is 1.17. The standard InChI is InChI=1S/C43H52ClF3N6OSi/c1-24(2)55(25(3)4,26(5)6)17-13-30-34(46)12-11-27-18-29(48)19-32(35(27)30)38-37(47)39-33(21-49-38)41(53-16-8-7-10-31-36(44)40(31)53)51-42(50-39)54-23-43-14-9-15-52(43)22-28(45)20-43/h11-12,18-19,21,24-26,28,31,36,40H,7-10,14-16,20,22-23,48H2,1-6H3/t28-,31?,36?,40?,43+/m1/s1/i23D2. The third-order valence-electron chi connectivity index (χ3n) is 13.0. The Balaban J connectivity index is 1.33. The monoisotopic (exact) mass is 790 g/mol. The van der Waals surface area contributed by atoms with Gasteiger partial charge in [-0.1, -0.05) is 60.0 Å². The zero-order valence-corrected chi connectivity index (χ0v) is 34.3. The van der Waals surface area contributed by atoms with Crippen molar-refractivity contribution in [2.75, 3.05) is 36.8 Å². The second-order valence-corrected chi connectivity index (χ2v) is 23.2. The molecule has 2 aromatic heterocycles. The number of aromatic nitrogens is 3. The fraction of sp³-hybridized carbons (Fsp3) is 0.558. The second kappa shape index (κ2) is 14.4. The minimum Gasteiger partial charge on any atom is -0.461 e. The van der Waals surface area contributed by atoms with Gasteiger partial charge in [0.15, 0.2) is 5.82 Å². The number of fused-ring (bicyclic) bond motifs is 4. The van der Waals surface area contributed by atoms with Gasteiger partial charge in [-0.15, -0.1) is 17.1 Å². The zero-order chi connectivity index (χ0) is 40.8. The Morgan fingerprint density at radius 2 is 1.84 bits per heavy atom. The van der Waals surface area contributed by atoms with Crippen LogP contribution in [-0.4, -0.2) is 77.2 Å². The van der Waals surface area contributed by atoms with E-state index in [9.17, 15) is 7.13 Å². The lowest BCUT2D eigenvalue weighted by Crippen LogP contribution is -2.43. The number of ether oxygens (including phenoxy) is 1. The number of pyridine rings is 1. The molecule has 0 amide bonds. The average Bonchev–Trinajstić information content (AvgIpc) is 3.50. The third kappa shape index (κ3) is 6.44. The van der Waals surface area contributed by atoms with Crippen LogP contribution >= 0.6 is 11.6 Å². The van der Waals surface area contributed by atoms with Crippen molar-refractivity contribution in [2.24, 2.45) is 5.92 Å². The largest absolute Gasteiger partial charge is 0.461 e. The molecule has 0 radical (unpaired) electrons. The van der Waals surface area contributed by atoms with Gasteiger partial charge >= 0.3 is 6.01 Å². The first-order chi connectivity index (χ1) is 27.0. The minimum absolute atomic E-state index is 0.0217. The highest BCUT2D eigenvalue weighted by Crippen LogP contribution is 2.49. The number of halogens is 4. The number of nitrogen functional groups attached to an aromatic ring is 1. The van der Waals surface area contributed by atoms with E-state index < -0.39 is 38.0 Å². The predicted octanol–water partition coefficient (Wildman–Crippen LogP) is 9.83. The highest BCUT2D eigenvalue weighted by Gasteiger charge is 2.54. The van der Waals surface area contributed by atoms with Crippen LogP contribution < -0.4 is 15.4 Å². The van der Waals surface area contributed by atoms with Crippen molar-refractivity contribution in [1.29, 1.82) is 0 Å². The first-order valence-electron chi connectivity index (χ1n) is 20.9. The van der Waals surface area contributed by atoms with Crippen LogP contribution in [0.3, 0.4) is 0 Å². The molecule has 0 spiro atoms. The molecule has 3 aliphatic heterocycles. The van der Waals surface area contributed by atoms with E-state index >= 15 is 8.78 Å². The van der Waals surface area contributed by atoms with Gasteiger partial charge in [-0.2, -0.15) is 9.97 Å². The van der Waals surface area contributed by atoms with Gasteiger partial charge in [0.2, 0.25) is 0 Å². The molecule has 3 unspecified atom stereocenters. The number of rotatable bonds is 8. The number of nitrogens with two attached hydrogens (primary N) is 1. The molecular weight excluding hydrogens is 737 g/mol. The number of benzene rings is 2. The Morgan fingerprint density at radius 1 is 1.07 bits per heavy atom. The Labute approximate surface area is 331 Å². The van der Waals surface area contributed by atoms with E-state index in [2.05, 4.69) is 62.9 Å². The maximum absolute atomic E-state index is 17.6. The number of hydrogen-bond acceptors (Lipinski definition) is 7. The summed E-state index contributed by atoms with van der Waals surface area (Å²) in [7, 11) is -2.30. The van der Waals surface area contributed by atoms with Crippen LogP contribution in [0.1, 0.15) is 88.4 Å². The van der Waals surface area contributed by atoms with Crippen molar-refractivity contribution < 1.29 is 20.6 Å². The highest BCUT2D eigenvalue weighted by atomic mass is 35.5. The Hall–Kier alpha value is -3.59. The summed E-state index contributed by atoms with van der Waals surface area (Å²) < 4.78 is 73.1. The van der Waals surface area contributed by atoms with E-state index in [0.29, 0.717) is 70.2 Å². The average molecular weight is 791 g/mol. The van der Waals surface area contributed by atoms with Crippen LogP contribution in [0.25, 0.3) is 32.9 Å². The number of hydrogen-bond donors (Lipinski definition) is 1. The normalized spacial score (nSPS) is 26.2. The van der Waals surface area contributed by atoms with Gasteiger partial charge < -0.3 is 15.4 Å². The van der Waals surface area contributed by atoms with Crippen molar-refractivity contribution in [2.45, 2.75) is 120 Å². The molecule has 5 atom stereocenters. The van der Waals surface area contributed by atoms with E-state index in [0.717, 1.165) is 19.3 Å². The molecule has 4 aliphatic rings. The molecule has 4 aromatic rings. The van der Waals surface area contributed by atoms with Crippen LogP contribution in [0.15, 0.2) is 30.5 Å². The maximum Gasteiger partial charge on any atom is 0.319 e. The Morgan fingerprint density at radius 3 is 2.58 bits per heavy atom. The summed E-state index contributed by atoms with van der Waals surface area (Å²) in [4.78, 5) is 17.9. The van der Waals surface area contributed by atoms with Crippen molar-refractivity contribution in [1.82, 2.24) is 19.9 Å². The summed E-state index contributed by atoms with van der Waals surface area (Å²) >= 11 is 6.81. The zero-order valence-electron chi connectivity index (χ0n) is 34.5. The maximum atomic E-state index is 17.6. The molecule has 7 nitrogen and oxygen atoms in total. The van der Waals surface area contributed by atoms with E-state index in [4.69, 9.17) is 32.0 Å². The van der Waals surface area contributed by atoms with Gasteiger partial charge in [-0.05, 0) is 78.4 Å². The van der Waals surface area contributed by atoms with Crippen LogP contribution in [0.5, 0.6) is 6.01 Å². The van der Waals surface area contributed by atoms with Crippen molar-refractivity contribution in [3.05, 3.63) is 47.7 Å². The van der Waals surface area contributed by atoms with E-state index in [-0.39, 0.29) is 58.7 Å². The van der Waals surface area contributed by atoms with Gasteiger partial charge in [0.05, 0.1) is 30.6 Å². The Bertz CT molecular complexity index is 2280. The summed E-state index contributed by atoms with van der Waals surface area (Å²) in [6, 6.07) is 5.89. The minimum atomic E-state index is -2.40. The van der Waals surface area contributed by atoms with Gasteiger partial charge in [-0.3, -0.25) is 9.88 Å². The molecule has 8 rings (SSSR count). The fourth-order valence-electron chi connectivity index (χ4n) is 10.4. The lowest BCUT2D eigenvalue weighted by atomic mass is 9.95. The molecule has 1 saturated carbocycles. The van der Waals surface area contributed by atoms with Gasteiger partial charge in [0.1, 0.15) is 43.7 Å². The van der Waals surface area contributed by atoms with Crippen LogP contribution in [0.4, 0.5) is 24.7 Å². The summed E-state index contributed by atoms with van der Waals surface area (Å²) in [5.74, 6) is 2.53. The highest BCUT2D eigenvalue weighted by molar-refractivity contribution is 6.90. The molecule has 55 heavy (non-hydrogen) atoms. The van der Waals surface area contributed by atoms with Crippen LogP contribution in [0.2, 0.25) is 16.6 Å².